The standard InChI is InChI=1S/C14H22N2O2/c1-10(15)9-13-14(4-3-11(2)16-13)18-12-5-7-17-8-6-12/h3-4,10,12H,5-9,15H2,1-2H3. The summed E-state index contributed by atoms with van der Waals surface area (Å²) in [5.41, 5.74) is 7.83. The summed E-state index contributed by atoms with van der Waals surface area (Å²) in [6.07, 6.45) is 2.90. The van der Waals surface area contributed by atoms with Crippen molar-refractivity contribution in [3.63, 3.8) is 0 Å². The maximum atomic E-state index is 6.04. The van der Waals surface area contributed by atoms with Crippen LogP contribution >= 0.6 is 0 Å². The number of ether oxygens (including phenoxy) is 2. The number of aromatic nitrogens is 1. The Morgan fingerprint density at radius 1 is 1.44 bits per heavy atom. The summed E-state index contributed by atoms with van der Waals surface area (Å²) >= 11 is 0. The van der Waals surface area contributed by atoms with Crippen LogP contribution in [0.25, 0.3) is 0 Å². The number of hydrogen-bond acceptors (Lipinski definition) is 4. The van der Waals surface area contributed by atoms with Crippen LogP contribution in [0.15, 0.2) is 12.1 Å². The predicted octanol–water partition coefficient (Wildman–Crippen LogP) is 1.84. The van der Waals surface area contributed by atoms with Gasteiger partial charge in [-0.2, -0.15) is 0 Å². The Morgan fingerprint density at radius 2 is 2.17 bits per heavy atom. The minimum absolute atomic E-state index is 0.0938. The molecule has 1 aromatic heterocycles. The summed E-state index contributed by atoms with van der Waals surface area (Å²) in [5.74, 6) is 0.879. The quantitative estimate of drug-likeness (QED) is 0.886. The maximum Gasteiger partial charge on any atom is 0.141 e. The highest BCUT2D eigenvalue weighted by molar-refractivity contribution is 5.30. The van der Waals surface area contributed by atoms with Crippen molar-refractivity contribution in [1.29, 1.82) is 0 Å². The number of rotatable bonds is 4. The van der Waals surface area contributed by atoms with Gasteiger partial charge in [-0.3, -0.25) is 4.98 Å². The van der Waals surface area contributed by atoms with Crippen molar-refractivity contribution in [2.24, 2.45) is 5.73 Å². The Morgan fingerprint density at radius 3 is 2.83 bits per heavy atom. The molecule has 100 valence electrons. The molecule has 1 aliphatic rings. The molecule has 0 saturated carbocycles. The molecule has 1 aromatic rings. The molecule has 1 aliphatic heterocycles. The first-order chi connectivity index (χ1) is 8.65. The van der Waals surface area contributed by atoms with Crippen LogP contribution in [0.3, 0.4) is 0 Å². The number of aryl methyl sites for hydroxylation is 1. The van der Waals surface area contributed by atoms with Crippen molar-refractivity contribution in [3.05, 3.63) is 23.5 Å². The molecule has 4 nitrogen and oxygen atoms in total. The third-order valence-corrected chi connectivity index (χ3v) is 3.05. The summed E-state index contributed by atoms with van der Waals surface area (Å²) in [7, 11) is 0. The van der Waals surface area contributed by atoms with Crippen LogP contribution < -0.4 is 10.5 Å². The van der Waals surface area contributed by atoms with Crippen molar-refractivity contribution in [2.75, 3.05) is 13.2 Å². The average molecular weight is 250 g/mol. The highest BCUT2D eigenvalue weighted by Gasteiger charge is 2.17. The zero-order valence-electron chi connectivity index (χ0n) is 11.2. The summed E-state index contributed by atoms with van der Waals surface area (Å²) in [6, 6.07) is 4.09. The fourth-order valence-corrected chi connectivity index (χ4v) is 2.13. The lowest BCUT2D eigenvalue weighted by molar-refractivity contribution is 0.0249. The summed E-state index contributed by atoms with van der Waals surface area (Å²) in [6.45, 7) is 5.55. The van der Waals surface area contributed by atoms with E-state index >= 15 is 0 Å². The molecule has 0 spiro atoms. The van der Waals surface area contributed by atoms with E-state index in [2.05, 4.69) is 4.98 Å². The van der Waals surface area contributed by atoms with Gasteiger partial charge in [-0.15, -0.1) is 0 Å². The molecule has 1 saturated heterocycles. The van der Waals surface area contributed by atoms with Crippen LogP contribution in [0.5, 0.6) is 5.75 Å². The van der Waals surface area contributed by atoms with E-state index in [1.165, 1.54) is 0 Å². The van der Waals surface area contributed by atoms with E-state index in [1.807, 2.05) is 26.0 Å². The Balaban J connectivity index is 2.09. The highest BCUT2D eigenvalue weighted by Crippen LogP contribution is 2.22. The first kappa shape index (κ1) is 13.3. The molecule has 2 N–H and O–H groups in total. The van der Waals surface area contributed by atoms with E-state index < -0.39 is 0 Å². The smallest absolute Gasteiger partial charge is 0.141 e. The minimum Gasteiger partial charge on any atom is -0.488 e. The molecule has 1 fully saturated rings. The monoisotopic (exact) mass is 250 g/mol. The van der Waals surface area contributed by atoms with E-state index in [9.17, 15) is 0 Å². The van der Waals surface area contributed by atoms with E-state index in [4.69, 9.17) is 15.2 Å². The SMILES string of the molecule is Cc1ccc(OC2CCOCC2)c(CC(C)N)n1. The van der Waals surface area contributed by atoms with Gasteiger partial charge in [0.1, 0.15) is 11.9 Å². The minimum atomic E-state index is 0.0938. The lowest BCUT2D eigenvalue weighted by Crippen LogP contribution is -2.27. The first-order valence-electron chi connectivity index (χ1n) is 6.61. The molecule has 0 amide bonds. The number of nitrogens with zero attached hydrogens (tertiary/aromatic N) is 1. The molecule has 0 aromatic carbocycles. The van der Waals surface area contributed by atoms with Crippen LogP contribution in [0, 0.1) is 6.92 Å². The Kier molecular flexibility index (Phi) is 4.55. The zero-order valence-corrected chi connectivity index (χ0v) is 11.2. The molecule has 2 rings (SSSR count). The van der Waals surface area contributed by atoms with E-state index in [0.717, 1.165) is 49.6 Å². The van der Waals surface area contributed by atoms with Crippen molar-refractivity contribution in [3.8, 4) is 5.75 Å². The summed E-state index contributed by atoms with van der Waals surface area (Å²) in [5, 5.41) is 0. The molecule has 0 aliphatic carbocycles. The van der Waals surface area contributed by atoms with Crippen LogP contribution in [0.2, 0.25) is 0 Å². The van der Waals surface area contributed by atoms with Crippen LogP contribution in [-0.2, 0) is 11.2 Å². The number of hydrogen-bond donors (Lipinski definition) is 1. The maximum absolute atomic E-state index is 6.04. The lowest BCUT2D eigenvalue weighted by Gasteiger charge is -2.24. The Labute approximate surface area is 108 Å². The van der Waals surface area contributed by atoms with Crippen molar-refractivity contribution < 1.29 is 9.47 Å². The molecule has 0 bridgehead atoms. The van der Waals surface area contributed by atoms with E-state index in [1.54, 1.807) is 0 Å². The van der Waals surface area contributed by atoms with Gasteiger partial charge in [-0.1, -0.05) is 0 Å². The van der Waals surface area contributed by atoms with Gasteiger partial charge in [0.2, 0.25) is 0 Å². The lowest BCUT2D eigenvalue weighted by atomic mass is 10.1. The van der Waals surface area contributed by atoms with E-state index in [0.29, 0.717) is 0 Å². The zero-order chi connectivity index (χ0) is 13.0. The van der Waals surface area contributed by atoms with Crippen LogP contribution in [0.1, 0.15) is 31.2 Å². The predicted molar refractivity (Wildman–Crippen MR) is 70.8 cm³/mol. The number of nitrogens with two attached hydrogens (primary N) is 1. The Bertz CT molecular complexity index is 387. The molecule has 1 unspecified atom stereocenters. The number of pyridine rings is 1. The van der Waals surface area contributed by atoms with Gasteiger partial charge in [-0.25, -0.2) is 0 Å². The third kappa shape index (κ3) is 3.68. The second-order valence-corrected chi connectivity index (χ2v) is 5.01. The fraction of sp³-hybridized carbons (Fsp3) is 0.643. The third-order valence-electron chi connectivity index (χ3n) is 3.05. The molecular formula is C14H22N2O2. The molecule has 1 atom stereocenters. The van der Waals surface area contributed by atoms with Gasteiger partial charge in [0.15, 0.2) is 0 Å². The summed E-state index contributed by atoms with van der Waals surface area (Å²) < 4.78 is 11.4. The first-order valence-corrected chi connectivity index (χ1v) is 6.61. The van der Waals surface area contributed by atoms with Crippen LogP contribution in [-0.4, -0.2) is 30.3 Å². The summed E-state index contributed by atoms with van der Waals surface area (Å²) in [4.78, 5) is 4.54. The molecular weight excluding hydrogens is 228 g/mol. The van der Waals surface area contributed by atoms with Gasteiger partial charge in [0.05, 0.1) is 18.9 Å². The fourth-order valence-electron chi connectivity index (χ4n) is 2.13. The van der Waals surface area contributed by atoms with Crippen LogP contribution in [0.4, 0.5) is 0 Å². The van der Waals surface area contributed by atoms with E-state index in [-0.39, 0.29) is 12.1 Å². The molecule has 0 radical (unpaired) electrons. The second-order valence-electron chi connectivity index (χ2n) is 5.01. The van der Waals surface area contributed by atoms with Crippen molar-refractivity contribution in [1.82, 2.24) is 4.98 Å². The van der Waals surface area contributed by atoms with Gasteiger partial charge in [-0.05, 0) is 26.0 Å². The Hall–Kier alpha value is -1.13. The molecule has 2 heterocycles. The van der Waals surface area contributed by atoms with Crippen molar-refractivity contribution >= 4 is 0 Å². The van der Waals surface area contributed by atoms with Gasteiger partial charge < -0.3 is 15.2 Å². The topological polar surface area (TPSA) is 57.4 Å². The second kappa shape index (κ2) is 6.16. The molecule has 4 heteroatoms. The largest absolute Gasteiger partial charge is 0.488 e. The van der Waals surface area contributed by atoms with Gasteiger partial charge in [0, 0.05) is 31.0 Å². The van der Waals surface area contributed by atoms with Gasteiger partial charge in [0.25, 0.3) is 0 Å². The van der Waals surface area contributed by atoms with Gasteiger partial charge >= 0.3 is 0 Å². The average Bonchev–Trinajstić information content (AvgIpc) is 2.33. The van der Waals surface area contributed by atoms with Crippen molar-refractivity contribution in [2.45, 2.75) is 45.3 Å². The molecule has 18 heavy (non-hydrogen) atoms. The highest BCUT2D eigenvalue weighted by atomic mass is 16.5. The normalized spacial score (nSPS) is 18.6.